The standard InChI is InChI=1S/C21H25N3O2S/c1-2-22-20(26)24-15-21(17-5-3-4-6-18(17)24)8-10-23(11-9-21)13-19(25)16-7-12-27-14-16/h3-7,12,14H,2,8-11,13,15H2,1H3,(H,22,26). The van der Waals surface area contributed by atoms with Crippen LogP contribution in [-0.4, -0.2) is 49.4 Å². The highest BCUT2D eigenvalue weighted by atomic mass is 32.1. The summed E-state index contributed by atoms with van der Waals surface area (Å²) < 4.78 is 0. The van der Waals surface area contributed by atoms with Gasteiger partial charge in [-0.2, -0.15) is 11.3 Å². The van der Waals surface area contributed by atoms with Gasteiger partial charge < -0.3 is 5.32 Å². The number of piperidine rings is 1. The largest absolute Gasteiger partial charge is 0.338 e. The van der Waals surface area contributed by atoms with Gasteiger partial charge in [0, 0.05) is 35.1 Å². The summed E-state index contributed by atoms with van der Waals surface area (Å²) in [5.41, 5.74) is 3.13. The van der Waals surface area contributed by atoms with Gasteiger partial charge in [0.05, 0.1) is 6.54 Å². The summed E-state index contributed by atoms with van der Waals surface area (Å²) in [5.74, 6) is 0.197. The Morgan fingerprint density at radius 3 is 2.67 bits per heavy atom. The fraction of sp³-hybridized carbons (Fsp3) is 0.429. The van der Waals surface area contributed by atoms with Crippen LogP contribution in [0.1, 0.15) is 35.7 Å². The van der Waals surface area contributed by atoms with Crippen LogP contribution in [-0.2, 0) is 5.41 Å². The van der Waals surface area contributed by atoms with E-state index in [9.17, 15) is 9.59 Å². The van der Waals surface area contributed by atoms with Crippen LogP contribution in [0.2, 0.25) is 0 Å². The molecule has 2 amide bonds. The lowest BCUT2D eigenvalue weighted by Crippen LogP contribution is -2.48. The van der Waals surface area contributed by atoms with Crippen molar-refractivity contribution in [1.29, 1.82) is 0 Å². The van der Waals surface area contributed by atoms with Gasteiger partial charge in [-0.15, -0.1) is 0 Å². The van der Waals surface area contributed by atoms with E-state index in [1.54, 1.807) is 11.3 Å². The first kappa shape index (κ1) is 18.2. The number of thiophene rings is 1. The molecule has 0 radical (unpaired) electrons. The smallest absolute Gasteiger partial charge is 0.321 e. The zero-order valence-corrected chi connectivity index (χ0v) is 16.4. The average molecular weight is 384 g/mol. The Hall–Kier alpha value is -2.18. The number of ketones is 1. The average Bonchev–Trinajstić information content (AvgIpc) is 3.32. The molecule has 2 aromatic rings. The van der Waals surface area contributed by atoms with Crippen molar-refractivity contribution in [2.45, 2.75) is 25.2 Å². The number of carbonyl (C=O) groups is 2. The van der Waals surface area contributed by atoms with E-state index in [2.05, 4.69) is 22.3 Å². The first-order valence-electron chi connectivity index (χ1n) is 9.55. The minimum atomic E-state index is -0.0168. The number of nitrogens with zero attached hydrogens (tertiary/aromatic N) is 2. The van der Waals surface area contributed by atoms with Crippen LogP contribution in [0, 0.1) is 0 Å². The van der Waals surface area contributed by atoms with Gasteiger partial charge in [0.2, 0.25) is 0 Å². The number of benzene rings is 1. The molecule has 2 aliphatic rings. The minimum Gasteiger partial charge on any atom is -0.338 e. The second-order valence-electron chi connectivity index (χ2n) is 7.43. The number of hydrogen-bond acceptors (Lipinski definition) is 4. The molecule has 1 spiro atoms. The maximum atomic E-state index is 12.5. The number of para-hydroxylation sites is 1. The van der Waals surface area contributed by atoms with Crippen LogP contribution in [0.5, 0.6) is 0 Å². The molecule has 0 atom stereocenters. The monoisotopic (exact) mass is 383 g/mol. The molecule has 2 aliphatic heterocycles. The Kier molecular flexibility index (Phi) is 5.02. The van der Waals surface area contributed by atoms with Crippen LogP contribution >= 0.6 is 11.3 Å². The van der Waals surface area contributed by atoms with Crippen LogP contribution in [0.3, 0.4) is 0 Å². The lowest BCUT2D eigenvalue weighted by Gasteiger charge is -2.39. The molecule has 1 N–H and O–H groups in total. The highest BCUT2D eigenvalue weighted by Crippen LogP contribution is 2.46. The SMILES string of the molecule is CCNC(=O)N1CC2(CCN(CC(=O)c3ccsc3)CC2)c2ccccc21. The number of rotatable bonds is 4. The number of Topliss-reactive ketones (excluding diaryl/α,β-unsaturated/α-hetero) is 1. The molecular formula is C21H25N3O2S. The van der Waals surface area contributed by atoms with Crippen molar-refractivity contribution >= 4 is 28.8 Å². The third-order valence-corrected chi connectivity index (χ3v) is 6.51. The molecule has 142 valence electrons. The molecule has 4 rings (SSSR count). The molecule has 1 aromatic heterocycles. The van der Waals surface area contributed by atoms with Gasteiger partial charge in [0.1, 0.15) is 0 Å². The number of likely N-dealkylation sites (tertiary alicyclic amines) is 1. The topological polar surface area (TPSA) is 52.7 Å². The van der Waals surface area contributed by atoms with Crippen molar-refractivity contribution in [2.75, 3.05) is 37.6 Å². The lowest BCUT2D eigenvalue weighted by molar-refractivity contribution is 0.0885. The normalized spacial score (nSPS) is 18.5. The third-order valence-electron chi connectivity index (χ3n) is 5.82. The Labute approximate surface area is 164 Å². The summed E-state index contributed by atoms with van der Waals surface area (Å²) in [6.07, 6.45) is 1.94. The van der Waals surface area contributed by atoms with E-state index < -0.39 is 0 Å². The molecule has 0 bridgehead atoms. The highest BCUT2D eigenvalue weighted by Gasteiger charge is 2.46. The lowest BCUT2D eigenvalue weighted by atomic mass is 9.74. The Balaban J connectivity index is 1.47. The molecular weight excluding hydrogens is 358 g/mol. The number of fused-ring (bicyclic) bond motifs is 2. The van der Waals surface area contributed by atoms with Gasteiger partial charge in [-0.05, 0) is 55.9 Å². The molecule has 1 fully saturated rings. The predicted molar refractivity (Wildman–Crippen MR) is 109 cm³/mol. The molecule has 1 saturated heterocycles. The first-order chi connectivity index (χ1) is 13.1. The quantitative estimate of drug-likeness (QED) is 0.822. The zero-order chi connectivity index (χ0) is 18.9. The maximum Gasteiger partial charge on any atom is 0.321 e. The second kappa shape index (κ2) is 7.44. The van der Waals surface area contributed by atoms with Crippen LogP contribution < -0.4 is 10.2 Å². The van der Waals surface area contributed by atoms with Gasteiger partial charge in [0.15, 0.2) is 5.78 Å². The molecule has 1 aromatic carbocycles. The van der Waals surface area contributed by atoms with E-state index in [-0.39, 0.29) is 17.2 Å². The maximum absolute atomic E-state index is 12.5. The van der Waals surface area contributed by atoms with Gasteiger partial charge in [0.25, 0.3) is 0 Å². The number of amides is 2. The molecule has 0 saturated carbocycles. The first-order valence-corrected chi connectivity index (χ1v) is 10.5. The van der Waals surface area contributed by atoms with Gasteiger partial charge in [-0.3, -0.25) is 14.6 Å². The molecule has 5 nitrogen and oxygen atoms in total. The van der Waals surface area contributed by atoms with Crippen LogP contribution in [0.4, 0.5) is 10.5 Å². The van der Waals surface area contributed by atoms with Gasteiger partial charge >= 0.3 is 6.03 Å². The number of hydrogen-bond donors (Lipinski definition) is 1. The van der Waals surface area contributed by atoms with E-state index >= 15 is 0 Å². The summed E-state index contributed by atoms with van der Waals surface area (Å²) in [6.45, 7) is 5.54. The summed E-state index contributed by atoms with van der Waals surface area (Å²) in [6, 6.07) is 10.2. The second-order valence-corrected chi connectivity index (χ2v) is 8.21. The summed E-state index contributed by atoms with van der Waals surface area (Å²) in [5, 5.41) is 6.80. The highest BCUT2D eigenvalue weighted by molar-refractivity contribution is 7.08. The van der Waals surface area contributed by atoms with E-state index in [0.29, 0.717) is 13.1 Å². The van der Waals surface area contributed by atoms with E-state index in [0.717, 1.165) is 43.7 Å². The summed E-state index contributed by atoms with van der Waals surface area (Å²) in [7, 11) is 0. The molecule has 0 unspecified atom stereocenters. The number of urea groups is 1. The van der Waals surface area contributed by atoms with Crippen molar-refractivity contribution in [3.8, 4) is 0 Å². The number of nitrogens with one attached hydrogen (secondary N) is 1. The number of carbonyl (C=O) groups excluding carboxylic acids is 2. The summed E-state index contributed by atoms with van der Waals surface area (Å²) >= 11 is 1.56. The van der Waals surface area contributed by atoms with E-state index in [4.69, 9.17) is 0 Å². The van der Waals surface area contributed by atoms with E-state index in [1.165, 1.54) is 5.56 Å². The van der Waals surface area contributed by atoms with Crippen molar-refractivity contribution in [2.24, 2.45) is 0 Å². The fourth-order valence-electron chi connectivity index (χ4n) is 4.34. The fourth-order valence-corrected chi connectivity index (χ4v) is 5.00. The van der Waals surface area contributed by atoms with Crippen molar-refractivity contribution in [3.63, 3.8) is 0 Å². The molecule has 6 heteroatoms. The minimum absolute atomic E-state index is 0.00357. The Bertz CT molecular complexity index is 826. The Morgan fingerprint density at radius 1 is 1.19 bits per heavy atom. The summed E-state index contributed by atoms with van der Waals surface area (Å²) in [4.78, 5) is 29.1. The molecule has 27 heavy (non-hydrogen) atoms. The third kappa shape index (κ3) is 3.39. The van der Waals surface area contributed by atoms with E-state index in [1.807, 2.05) is 40.8 Å². The molecule has 3 heterocycles. The van der Waals surface area contributed by atoms with Gasteiger partial charge in [-0.25, -0.2) is 4.79 Å². The predicted octanol–water partition coefficient (Wildman–Crippen LogP) is 3.51. The van der Waals surface area contributed by atoms with Crippen LogP contribution in [0.25, 0.3) is 0 Å². The van der Waals surface area contributed by atoms with Crippen LogP contribution in [0.15, 0.2) is 41.1 Å². The molecule has 0 aliphatic carbocycles. The number of anilines is 1. The van der Waals surface area contributed by atoms with Gasteiger partial charge in [-0.1, -0.05) is 18.2 Å². The van der Waals surface area contributed by atoms with Crippen molar-refractivity contribution in [3.05, 3.63) is 52.2 Å². The van der Waals surface area contributed by atoms with Crippen molar-refractivity contribution < 1.29 is 9.59 Å². The Morgan fingerprint density at radius 2 is 1.96 bits per heavy atom. The van der Waals surface area contributed by atoms with Crippen molar-refractivity contribution in [1.82, 2.24) is 10.2 Å². The zero-order valence-electron chi connectivity index (χ0n) is 15.6.